The number of carbonyl (C=O) groups excluding carboxylic acids is 3. The van der Waals surface area contributed by atoms with E-state index < -0.39 is 52.7 Å². The number of halogens is 6. The highest BCUT2D eigenvalue weighted by Gasteiger charge is 2.43. The maximum Gasteiger partial charge on any atom is 0.416 e. The van der Waals surface area contributed by atoms with Gasteiger partial charge in [0.15, 0.2) is 6.29 Å². The molecule has 0 aliphatic carbocycles. The molecule has 3 aromatic carbocycles. The van der Waals surface area contributed by atoms with Crippen LogP contribution in [0.25, 0.3) is 10.9 Å². The molecule has 14 heteroatoms. The van der Waals surface area contributed by atoms with Crippen LogP contribution in [0, 0.1) is 0 Å². The number of rotatable bonds is 8. The Morgan fingerprint density at radius 1 is 0.882 bits per heavy atom. The molecule has 2 aliphatic rings. The summed E-state index contributed by atoms with van der Waals surface area (Å²) in [7, 11) is 0. The lowest BCUT2D eigenvalue weighted by atomic mass is 9.80. The number of nitrogens with zero attached hydrogens (tertiary/aromatic N) is 3. The van der Waals surface area contributed by atoms with Gasteiger partial charge in [-0.25, -0.2) is 0 Å². The molecule has 2 fully saturated rings. The van der Waals surface area contributed by atoms with E-state index in [-0.39, 0.29) is 38.0 Å². The number of hydrogen-bond donors (Lipinski definition) is 2. The van der Waals surface area contributed by atoms with E-state index in [9.17, 15) is 40.7 Å². The molecule has 0 saturated carbocycles. The van der Waals surface area contributed by atoms with Gasteiger partial charge in [-0.15, -0.1) is 0 Å². The molecule has 4 aromatic rings. The zero-order chi connectivity index (χ0) is 36.6. The maximum atomic E-state index is 14.0. The third-order valence-electron chi connectivity index (χ3n) is 10.0. The van der Waals surface area contributed by atoms with E-state index >= 15 is 0 Å². The summed E-state index contributed by atoms with van der Waals surface area (Å²) in [5, 5.41) is 3.98. The van der Waals surface area contributed by atoms with E-state index in [4.69, 9.17) is 0 Å². The van der Waals surface area contributed by atoms with E-state index in [1.807, 2.05) is 64.4 Å². The van der Waals surface area contributed by atoms with Crippen molar-refractivity contribution in [2.24, 2.45) is 0 Å². The van der Waals surface area contributed by atoms with Crippen molar-refractivity contribution in [3.63, 3.8) is 0 Å². The minimum atomic E-state index is -5.11. The first-order valence-electron chi connectivity index (χ1n) is 16.6. The molecule has 8 nitrogen and oxygen atoms in total. The molecular weight excluding hydrogens is 676 g/mol. The number of aromatic nitrogens is 1. The van der Waals surface area contributed by atoms with Gasteiger partial charge >= 0.3 is 12.4 Å². The van der Waals surface area contributed by atoms with Crippen LogP contribution in [0.2, 0.25) is 0 Å². The first-order chi connectivity index (χ1) is 24.2. The van der Waals surface area contributed by atoms with Crippen LogP contribution in [0.4, 0.5) is 26.3 Å². The van der Waals surface area contributed by atoms with E-state index in [0.717, 1.165) is 28.3 Å². The Labute approximate surface area is 290 Å². The number of hydrogen-bond acceptors (Lipinski definition) is 5. The van der Waals surface area contributed by atoms with Gasteiger partial charge in [-0.05, 0) is 54.7 Å². The van der Waals surface area contributed by atoms with E-state index in [0.29, 0.717) is 38.1 Å². The van der Waals surface area contributed by atoms with Crippen LogP contribution in [0.15, 0.2) is 79.0 Å². The summed E-state index contributed by atoms with van der Waals surface area (Å²) in [6.07, 6.45) is -7.08. The molecule has 270 valence electrons. The Morgan fingerprint density at radius 3 is 2.12 bits per heavy atom. The van der Waals surface area contributed by atoms with Crippen LogP contribution in [0.5, 0.6) is 0 Å². The molecule has 3 heterocycles. The number of para-hydroxylation sites is 1. The molecule has 2 amide bonds. The summed E-state index contributed by atoms with van der Waals surface area (Å²) in [6.45, 7) is 2.61. The second-order valence-corrected chi connectivity index (χ2v) is 13.2. The summed E-state index contributed by atoms with van der Waals surface area (Å²) in [5.41, 5.74) is -1.89. The first-order valence-corrected chi connectivity index (χ1v) is 16.6. The molecule has 2 aliphatic heterocycles. The van der Waals surface area contributed by atoms with E-state index in [2.05, 4.69) is 10.3 Å². The largest absolute Gasteiger partial charge is 0.416 e. The molecule has 0 radical (unpaired) electrons. The normalized spacial score (nSPS) is 19.5. The quantitative estimate of drug-likeness (QED) is 0.167. The van der Waals surface area contributed by atoms with Crippen molar-refractivity contribution in [1.29, 1.82) is 0 Å². The third-order valence-corrected chi connectivity index (χ3v) is 10.0. The second kappa shape index (κ2) is 14.1. The lowest BCUT2D eigenvalue weighted by Crippen LogP contribution is -2.63. The van der Waals surface area contributed by atoms with Crippen molar-refractivity contribution < 1.29 is 40.7 Å². The van der Waals surface area contributed by atoms with Crippen LogP contribution in [0.1, 0.15) is 52.4 Å². The lowest BCUT2D eigenvalue weighted by molar-refractivity contribution is -0.143. The fraction of sp³-hybridized carbons (Fsp3) is 0.378. The molecule has 2 atom stereocenters. The Bertz CT molecular complexity index is 1850. The number of nitrogens with one attached hydrogen (secondary N) is 2. The summed E-state index contributed by atoms with van der Waals surface area (Å²) in [4.78, 5) is 47.4. The van der Waals surface area contributed by atoms with Crippen molar-refractivity contribution in [2.75, 3.05) is 32.7 Å². The standard InChI is InChI=1S/C37H37F6N5O3/c1-24(50)45-35(27-7-3-2-4-8-27)11-13-46(14-12-35)33(23-49)47-15-16-48(30(22-47)19-26-21-44-32-10-6-5-9-31(26)32)34(51)25-17-28(36(38,39)40)20-29(18-25)37(41,42)43/h2-10,17-18,20-21,23,30,33,44H,11-16,19,22H2,1H3,(H,45,50)/t30-,33?/m1/s1. The van der Waals surface area contributed by atoms with Crippen molar-refractivity contribution in [2.45, 2.75) is 56.3 Å². The number of aldehydes is 1. The zero-order valence-corrected chi connectivity index (χ0v) is 27.7. The molecule has 1 unspecified atom stereocenters. The smallest absolute Gasteiger partial charge is 0.361 e. The Morgan fingerprint density at radius 2 is 1.51 bits per heavy atom. The summed E-state index contributed by atoms with van der Waals surface area (Å²) < 4.78 is 82.3. The van der Waals surface area contributed by atoms with Crippen LogP contribution >= 0.6 is 0 Å². The molecule has 0 bridgehead atoms. The molecule has 6 rings (SSSR count). The number of amides is 2. The predicted octanol–water partition coefficient (Wildman–Crippen LogP) is 6.23. The van der Waals surface area contributed by atoms with Gasteiger partial charge in [0.2, 0.25) is 5.91 Å². The molecular formula is C37H37F6N5O3. The number of piperidine rings is 1. The summed E-state index contributed by atoms with van der Waals surface area (Å²) >= 11 is 0. The first kappa shape index (κ1) is 36.1. The van der Waals surface area contributed by atoms with Crippen molar-refractivity contribution >= 4 is 29.0 Å². The Kier molecular flexibility index (Phi) is 10.0. The van der Waals surface area contributed by atoms with Gasteiger partial charge in [0.05, 0.1) is 16.7 Å². The fourth-order valence-electron chi connectivity index (χ4n) is 7.51. The maximum absolute atomic E-state index is 14.0. The fourth-order valence-corrected chi connectivity index (χ4v) is 7.51. The highest BCUT2D eigenvalue weighted by Crippen LogP contribution is 2.38. The third kappa shape index (κ3) is 7.66. The summed E-state index contributed by atoms with van der Waals surface area (Å²) in [6, 6.07) is 17.3. The molecule has 51 heavy (non-hydrogen) atoms. The minimum Gasteiger partial charge on any atom is -0.361 e. The SMILES string of the molecule is CC(=O)NC1(c2ccccc2)CCN(C(C=O)N2CCN(C(=O)c3cc(C(F)(F)F)cc(C(F)(F)F)c3)[C@H](Cc3c[nH]c4ccccc34)C2)CC1. The summed E-state index contributed by atoms with van der Waals surface area (Å²) in [5.74, 6) is -1.14. The zero-order valence-electron chi connectivity index (χ0n) is 27.7. The molecule has 1 aromatic heterocycles. The minimum absolute atomic E-state index is 0.00382. The van der Waals surface area contributed by atoms with Crippen LogP contribution < -0.4 is 5.32 Å². The van der Waals surface area contributed by atoms with Crippen LogP contribution in [-0.4, -0.2) is 82.7 Å². The number of aromatic amines is 1. The molecule has 2 saturated heterocycles. The number of alkyl halides is 6. The Hall–Kier alpha value is -4.69. The highest BCUT2D eigenvalue weighted by atomic mass is 19.4. The average Bonchev–Trinajstić information content (AvgIpc) is 3.51. The van der Waals surface area contributed by atoms with E-state index in [1.165, 1.54) is 11.8 Å². The van der Waals surface area contributed by atoms with Crippen molar-refractivity contribution in [3.05, 3.63) is 107 Å². The van der Waals surface area contributed by atoms with Gasteiger partial charge in [-0.3, -0.25) is 19.4 Å². The van der Waals surface area contributed by atoms with Gasteiger partial charge in [-0.2, -0.15) is 26.3 Å². The van der Waals surface area contributed by atoms with Gasteiger partial charge in [0.1, 0.15) is 6.17 Å². The second-order valence-electron chi connectivity index (χ2n) is 13.2. The number of benzene rings is 3. The van der Waals surface area contributed by atoms with Crippen LogP contribution in [0.3, 0.4) is 0 Å². The van der Waals surface area contributed by atoms with Gasteiger partial charge < -0.3 is 20.0 Å². The van der Waals surface area contributed by atoms with Gasteiger partial charge in [0.25, 0.3) is 5.91 Å². The van der Waals surface area contributed by atoms with Gasteiger partial charge in [-0.1, -0.05) is 48.5 Å². The lowest BCUT2D eigenvalue weighted by Gasteiger charge is -2.49. The number of likely N-dealkylation sites (tertiary alicyclic amines) is 1. The van der Waals surface area contributed by atoms with Crippen LogP contribution in [-0.2, 0) is 33.9 Å². The Balaban J connectivity index is 1.29. The average molecular weight is 714 g/mol. The molecule has 2 N–H and O–H groups in total. The number of H-pyrrole nitrogens is 1. The highest BCUT2D eigenvalue weighted by molar-refractivity contribution is 5.95. The number of fused-ring (bicyclic) bond motifs is 1. The monoisotopic (exact) mass is 713 g/mol. The van der Waals surface area contributed by atoms with Crippen molar-refractivity contribution in [1.82, 2.24) is 25.0 Å². The van der Waals surface area contributed by atoms with Gasteiger partial charge in [0, 0.05) is 68.4 Å². The number of piperazine rings is 1. The molecule has 0 spiro atoms. The predicted molar refractivity (Wildman–Crippen MR) is 177 cm³/mol. The number of carbonyl (C=O) groups is 3. The van der Waals surface area contributed by atoms with E-state index in [1.54, 1.807) is 6.20 Å². The topological polar surface area (TPSA) is 88.8 Å². The van der Waals surface area contributed by atoms with Crippen molar-refractivity contribution in [3.8, 4) is 0 Å².